The lowest BCUT2D eigenvalue weighted by molar-refractivity contribution is -0.121. The van der Waals surface area contributed by atoms with Gasteiger partial charge in [0.05, 0.1) is 11.0 Å². The number of nitrogens with one attached hydrogen (secondary N) is 1. The van der Waals surface area contributed by atoms with E-state index in [-0.39, 0.29) is 18.3 Å². The standard InChI is InChI=1S/C15H19ClFN3O/c1-10(2)8-18-15(21)9-20-13-7-11(17)3-4-12(13)19-14(20)5-6-16/h3-4,7,10H,5-6,8-9H2,1-2H3,(H,18,21). The van der Waals surface area contributed by atoms with E-state index in [1.807, 2.05) is 13.8 Å². The van der Waals surface area contributed by atoms with Crippen molar-refractivity contribution in [3.8, 4) is 0 Å². The molecular formula is C15H19ClFN3O. The molecule has 0 saturated heterocycles. The van der Waals surface area contributed by atoms with E-state index in [0.29, 0.717) is 41.6 Å². The van der Waals surface area contributed by atoms with E-state index in [2.05, 4.69) is 10.3 Å². The second-order valence-electron chi connectivity index (χ2n) is 5.38. The summed E-state index contributed by atoms with van der Waals surface area (Å²) in [6.07, 6.45) is 0.537. The van der Waals surface area contributed by atoms with Crippen LogP contribution in [-0.4, -0.2) is 27.9 Å². The van der Waals surface area contributed by atoms with Crippen molar-refractivity contribution in [2.24, 2.45) is 5.92 Å². The molecule has 0 spiro atoms. The zero-order chi connectivity index (χ0) is 15.4. The first-order valence-electron chi connectivity index (χ1n) is 6.98. The summed E-state index contributed by atoms with van der Waals surface area (Å²) in [5, 5.41) is 2.85. The summed E-state index contributed by atoms with van der Waals surface area (Å²) in [4.78, 5) is 16.4. The van der Waals surface area contributed by atoms with Gasteiger partial charge in [-0.15, -0.1) is 11.6 Å². The number of carbonyl (C=O) groups excluding carboxylic acids is 1. The Balaban J connectivity index is 2.29. The lowest BCUT2D eigenvalue weighted by Gasteiger charge is -2.11. The molecule has 0 saturated carbocycles. The molecule has 0 aliphatic heterocycles. The quantitative estimate of drug-likeness (QED) is 0.834. The fourth-order valence-corrected chi connectivity index (χ4v) is 2.28. The molecule has 1 amide bonds. The molecule has 4 nitrogen and oxygen atoms in total. The second kappa shape index (κ2) is 6.89. The van der Waals surface area contributed by atoms with Crippen LogP contribution in [0.4, 0.5) is 4.39 Å². The zero-order valence-corrected chi connectivity index (χ0v) is 13.0. The number of hydrogen-bond acceptors (Lipinski definition) is 2. The SMILES string of the molecule is CC(C)CNC(=O)Cn1c(CCCl)nc2ccc(F)cc21. The van der Waals surface area contributed by atoms with Crippen molar-refractivity contribution in [1.29, 1.82) is 0 Å². The van der Waals surface area contributed by atoms with Gasteiger partial charge in [-0.3, -0.25) is 4.79 Å². The third-order valence-corrected chi connectivity index (χ3v) is 3.31. The summed E-state index contributed by atoms with van der Waals surface area (Å²) in [6.45, 7) is 4.80. The average molecular weight is 312 g/mol. The van der Waals surface area contributed by atoms with Gasteiger partial charge in [-0.25, -0.2) is 9.37 Å². The molecule has 0 unspecified atom stereocenters. The number of imidazole rings is 1. The first-order valence-corrected chi connectivity index (χ1v) is 7.52. The van der Waals surface area contributed by atoms with Crippen LogP contribution in [0.25, 0.3) is 11.0 Å². The molecule has 2 aromatic rings. The van der Waals surface area contributed by atoms with Crippen LogP contribution in [0.15, 0.2) is 18.2 Å². The number of fused-ring (bicyclic) bond motifs is 1. The Hall–Kier alpha value is -1.62. The first-order chi connectivity index (χ1) is 10.0. The maximum atomic E-state index is 13.4. The van der Waals surface area contributed by atoms with Crippen LogP contribution in [0.1, 0.15) is 19.7 Å². The maximum Gasteiger partial charge on any atom is 0.240 e. The molecule has 1 aromatic heterocycles. The van der Waals surface area contributed by atoms with E-state index in [4.69, 9.17) is 11.6 Å². The summed E-state index contributed by atoms with van der Waals surface area (Å²) in [5.41, 5.74) is 1.29. The lowest BCUT2D eigenvalue weighted by atomic mass is 10.2. The molecule has 1 heterocycles. The fraction of sp³-hybridized carbons (Fsp3) is 0.467. The number of alkyl halides is 1. The zero-order valence-electron chi connectivity index (χ0n) is 12.2. The van der Waals surface area contributed by atoms with Crippen LogP contribution >= 0.6 is 11.6 Å². The minimum Gasteiger partial charge on any atom is -0.354 e. The predicted octanol–water partition coefficient (Wildman–Crippen LogP) is 2.73. The first kappa shape index (κ1) is 15.8. The van der Waals surface area contributed by atoms with Gasteiger partial charge < -0.3 is 9.88 Å². The number of rotatable bonds is 6. The van der Waals surface area contributed by atoms with Crippen molar-refractivity contribution in [2.45, 2.75) is 26.8 Å². The Morgan fingerprint density at radius 1 is 1.48 bits per heavy atom. The van der Waals surface area contributed by atoms with E-state index in [1.54, 1.807) is 10.6 Å². The third kappa shape index (κ3) is 3.94. The van der Waals surface area contributed by atoms with Crippen molar-refractivity contribution in [2.75, 3.05) is 12.4 Å². The topological polar surface area (TPSA) is 46.9 Å². The van der Waals surface area contributed by atoms with E-state index in [1.165, 1.54) is 12.1 Å². The number of halogens is 2. The highest BCUT2D eigenvalue weighted by Gasteiger charge is 2.14. The molecule has 1 N–H and O–H groups in total. The Labute approximate surface area is 128 Å². The fourth-order valence-electron chi connectivity index (χ4n) is 2.12. The van der Waals surface area contributed by atoms with Gasteiger partial charge in [-0.05, 0) is 24.1 Å². The number of aryl methyl sites for hydroxylation is 1. The minimum absolute atomic E-state index is 0.108. The van der Waals surface area contributed by atoms with Crippen molar-refractivity contribution in [3.05, 3.63) is 29.8 Å². The molecule has 0 atom stereocenters. The number of nitrogens with zero attached hydrogens (tertiary/aromatic N) is 2. The minimum atomic E-state index is -0.344. The van der Waals surface area contributed by atoms with Crippen LogP contribution in [0.5, 0.6) is 0 Å². The number of amides is 1. The van der Waals surface area contributed by atoms with Crippen molar-refractivity contribution < 1.29 is 9.18 Å². The van der Waals surface area contributed by atoms with Crippen molar-refractivity contribution >= 4 is 28.5 Å². The van der Waals surface area contributed by atoms with Gasteiger partial charge in [0, 0.05) is 18.8 Å². The van der Waals surface area contributed by atoms with Gasteiger partial charge in [0.25, 0.3) is 0 Å². The van der Waals surface area contributed by atoms with E-state index < -0.39 is 0 Å². The van der Waals surface area contributed by atoms with Crippen LogP contribution in [0.2, 0.25) is 0 Å². The molecule has 0 aliphatic carbocycles. The summed E-state index contributed by atoms with van der Waals surface area (Å²) in [6, 6.07) is 4.38. The molecule has 0 aliphatic rings. The molecule has 1 aromatic carbocycles. The number of hydrogen-bond donors (Lipinski definition) is 1. The summed E-state index contributed by atoms with van der Waals surface area (Å²) < 4.78 is 15.2. The molecule has 114 valence electrons. The van der Waals surface area contributed by atoms with Crippen LogP contribution < -0.4 is 5.32 Å². The molecule has 21 heavy (non-hydrogen) atoms. The van der Waals surface area contributed by atoms with Gasteiger partial charge in [-0.1, -0.05) is 13.8 Å². The number of carbonyl (C=O) groups is 1. The third-order valence-electron chi connectivity index (χ3n) is 3.12. The lowest BCUT2D eigenvalue weighted by Crippen LogP contribution is -2.31. The van der Waals surface area contributed by atoms with Gasteiger partial charge in [0.1, 0.15) is 18.2 Å². The largest absolute Gasteiger partial charge is 0.354 e. The Morgan fingerprint density at radius 2 is 2.24 bits per heavy atom. The number of aromatic nitrogens is 2. The van der Waals surface area contributed by atoms with Crippen LogP contribution in [0.3, 0.4) is 0 Å². The highest BCUT2D eigenvalue weighted by Crippen LogP contribution is 2.18. The highest BCUT2D eigenvalue weighted by atomic mass is 35.5. The van der Waals surface area contributed by atoms with Crippen molar-refractivity contribution in [1.82, 2.24) is 14.9 Å². The van der Waals surface area contributed by atoms with E-state index in [0.717, 1.165) is 0 Å². The summed E-state index contributed by atoms with van der Waals surface area (Å²) >= 11 is 5.78. The molecule has 6 heteroatoms. The van der Waals surface area contributed by atoms with Gasteiger partial charge >= 0.3 is 0 Å². The van der Waals surface area contributed by atoms with Crippen LogP contribution in [0, 0.1) is 11.7 Å². The predicted molar refractivity (Wildman–Crippen MR) is 82.0 cm³/mol. The molecule has 2 rings (SSSR count). The highest BCUT2D eigenvalue weighted by molar-refractivity contribution is 6.17. The molecule has 0 radical (unpaired) electrons. The maximum absolute atomic E-state index is 13.4. The van der Waals surface area contributed by atoms with Gasteiger partial charge in [0.15, 0.2) is 0 Å². The average Bonchev–Trinajstić information content (AvgIpc) is 2.75. The van der Waals surface area contributed by atoms with Crippen LogP contribution in [-0.2, 0) is 17.8 Å². The summed E-state index contributed by atoms with van der Waals surface area (Å²) in [5.74, 6) is 1.03. The Kier molecular flexibility index (Phi) is 5.17. The Morgan fingerprint density at radius 3 is 2.90 bits per heavy atom. The van der Waals surface area contributed by atoms with Crippen molar-refractivity contribution in [3.63, 3.8) is 0 Å². The molecular weight excluding hydrogens is 293 g/mol. The molecule has 0 fully saturated rings. The smallest absolute Gasteiger partial charge is 0.240 e. The monoisotopic (exact) mass is 311 g/mol. The normalized spacial score (nSPS) is 11.3. The van der Waals surface area contributed by atoms with Gasteiger partial charge in [0.2, 0.25) is 5.91 Å². The molecule has 0 bridgehead atoms. The van der Waals surface area contributed by atoms with E-state index >= 15 is 0 Å². The second-order valence-corrected chi connectivity index (χ2v) is 5.76. The van der Waals surface area contributed by atoms with Gasteiger partial charge in [-0.2, -0.15) is 0 Å². The summed E-state index contributed by atoms with van der Waals surface area (Å²) in [7, 11) is 0. The van der Waals surface area contributed by atoms with E-state index in [9.17, 15) is 9.18 Å². The number of benzene rings is 1. The Bertz CT molecular complexity index is 639.